The molecule has 5 atom stereocenters. The SMILES string of the molecule is C[C@@H]1OC[C@@H](O)C([C@H]2OC(c3ccccc3)=N[C@H]2CO)O1. The van der Waals surface area contributed by atoms with Crippen molar-refractivity contribution in [2.45, 2.75) is 37.6 Å². The molecular formula is C15H19NO5. The highest BCUT2D eigenvalue weighted by Crippen LogP contribution is 2.27. The average Bonchev–Trinajstić information content (AvgIpc) is 2.94. The van der Waals surface area contributed by atoms with Gasteiger partial charge in [0.15, 0.2) is 12.4 Å². The van der Waals surface area contributed by atoms with Crippen molar-refractivity contribution in [1.29, 1.82) is 0 Å². The van der Waals surface area contributed by atoms with Gasteiger partial charge in [-0.3, -0.25) is 0 Å². The zero-order chi connectivity index (χ0) is 14.8. The summed E-state index contributed by atoms with van der Waals surface area (Å²) in [4.78, 5) is 4.41. The number of ether oxygens (including phenoxy) is 3. The minimum Gasteiger partial charge on any atom is -0.469 e. The Hall–Kier alpha value is -1.47. The molecule has 0 aliphatic carbocycles. The normalized spacial score (nSPS) is 36.1. The summed E-state index contributed by atoms with van der Waals surface area (Å²) in [7, 11) is 0. The molecule has 6 nitrogen and oxygen atoms in total. The average molecular weight is 293 g/mol. The highest BCUT2D eigenvalue weighted by molar-refractivity contribution is 5.95. The van der Waals surface area contributed by atoms with Crippen LogP contribution in [0.3, 0.4) is 0 Å². The molecule has 3 rings (SSSR count). The van der Waals surface area contributed by atoms with Crippen molar-refractivity contribution in [2.24, 2.45) is 4.99 Å². The molecular weight excluding hydrogens is 274 g/mol. The molecule has 0 radical (unpaired) electrons. The van der Waals surface area contributed by atoms with E-state index in [4.69, 9.17) is 14.2 Å². The molecule has 2 aliphatic heterocycles. The van der Waals surface area contributed by atoms with Crippen LogP contribution in [0, 0.1) is 0 Å². The van der Waals surface area contributed by atoms with Gasteiger partial charge in [-0.2, -0.15) is 0 Å². The van der Waals surface area contributed by atoms with Gasteiger partial charge in [0.1, 0.15) is 18.2 Å². The first-order valence-electron chi connectivity index (χ1n) is 7.05. The monoisotopic (exact) mass is 293 g/mol. The van der Waals surface area contributed by atoms with E-state index in [1.807, 2.05) is 30.3 Å². The molecule has 0 amide bonds. The number of rotatable bonds is 3. The lowest BCUT2D eigenvalue weighted by Gasteiger charge is -2.36. The van der Waals surface area contributed by atoms with Crippen LogP contribution in [-0.4, -0.2) is 60.0 Å². The zero-order valence-electron chi connectivity index (χ0n) is 11.8. The number of nitrogens with zero attached hydrogens (tertiary/aromatic N) is 1. The van der Waals surface area contributed by atoms with Gasteiger partial charge in [-0.05, 0) is 19.1 Å². The summed E-state index contributed by atoms with van der Waals surface area (Å²) in [5.41, 5.74) is 0.841. The van der Waals surface area contributed by atoms with Gasteiger partial charge < -0.3 is 24.4 Å². The third-order valence-corrected chi connectivity index (χ3v) is 3.67. The van der Waals surface area contributed by atoms with Gasteiger partial charge in [-0.25, -0.2) is 4.99 Å². The third kappa shape index (κ3) is 2.94. The molecule has 2 heterocycles. The summed E-state index contributed by atoms with van der Waals surface area (Å²) in [6.07, 6.45) is -2.31. The summed E-state index contributed by atoms with van der Waals surface area (Å²) in [5.74, 6) is 0.467. The lowest BCUT2D eigenvalue weighted by Crippen LogP contribution is -2.52. The molecule has 114 valence electrons. The molecule has 2 aliphatic rings. The Morgan fingerprint density at radius 2 is 2.00 bits per heavy atom. The maximum atomic E-state index is 10.1. The first-order chi connectivity index (χ1) is 10.2. The van der Waals surface area contributed by atoms with Crippen LogP contribution in [0.2, 0.25) is 0 Å². The van der Waals surface area contributed by atoms with Crippen molar-refractivity contribution >= 4 is 5.90 Å². The first kappa shape index (κ1) is 14.5. The van der Waals surface area contributed by atoms with Gasteiger partial charge in [0.2, 0.25) is 5.90 Å². The zero-order valence-corrected chi connectivity index (χ0v) is 11.8. The number of aliphatic hydroxyl groups is 2. The number of hydrogen-bond acceptors (Lipinski definition) is 6. The van der Waals surface area contributed by atoms with E-state index >= 15 is 0 Å². The Bertz CT molecular complexity index is 506. The molecule has 21 heavy (non-hydrogen) atoms. The van der Waals surface area contributed by atoms with Gasteiger partial charge in [0.25, 0.3) is 0 Å². The van der Waals surface area contributed by atoms with E-state index in [-0.39, 0.29) is 13.2 Å². The van der Waals surface area contributed by atoms with E-state index in [2.05, 4.69) is 4.99 Å². The number of aliphatic hydroxyl groups excluding tert-OH is 2. The van der Waals surface area contributed by atoms with E-state index in [9.17, 15) is 10.2 Å². The van der Waals surface area contributed by atoms with E-state index in [1.54, 1.807) is 6.92 Å². The van der Waals surface area contributed by atoms with E-state index in [1.165, 1.54) is 0 Å². The quantitative estimate of drug-likeness (QED) is 0.838. The summed E-state index contributed by atoms with van der Waals surface area (Å²) >= 11 is 0. The Morgan fingerprint density at radius 1 is 1.24 bits per heavy atom. The predicted octanol–water partition coefficient (Wildman–Crippen LogP) is 0.315. The lowest BCUT2D eigenvalue weighted by molar-refractivity contribution is -0.262. The van der Waals surface area contributed by atoms with Crippen molar-refractivity contribution in [3.05, 3.63) is 35.9 Å². The molecule has 0 aromatic heterocycles. The molecule has 6 heteroatoms. The fraction of sp³-hybridized carbons (Fsp3) is 0.533. The molecule has 1 aromatic carbocycles. The van der Waals surface area contributed by atoms with Gasteiger partial charge in [-0.1, -0.05) is 18.2 Å². The number of benzene rings is 1. The summed E-state index contributed by atoms with van der Waals surface area (Å²) < 4.78 is 16.7. The molecule has 0 bridgehead atoms. The maximum absolute atomic E-state index is 10.1. The van der Waals surface area contributed by atoms with Crippen LogP contribution in [0.4, 0.5) is 0 Å². The molecule has 1 saturated heterocycles. The number of aliphatic imine (C=N–C) groups is 1. The van der Waals surface area contributed by atoms with Crippen molar-refractivity contribution < 1.29 is 24.4 Å². The van der Waals surface area contributed by atoms with Crippen LogP contribution >= 0.6 is 0 Å². The minimum absolute atomic E-state index is 0.164. The fourth-order valence-corrected chi connectivity index (χ4v) is 2.59. The van der Waals surface area contributed by atoms with E-state index < -0.39 is 30.6 Å². The first-order valence-corrected chi connectivity index (χ1v) is 7.05. The minimum atomic E-state index is -0.800. The molecule has 1 unspecified atom stereocenters. The highest BCUT2D eigenvalue weighted by Gasteiger charge is 2.44. The van der Waals surface area contributed by atoms with Crippen molar-refractivity contribution in [1.82, 2.24) is 0 Å². The van der Waals surface area contributed by atoms with Crippen molar-refractivity contribution in [3.63, 3.8) is 0 Å². The van der Waals surface area contributed by atoms with E-state index in [0.717, 1.165) is 5.56 Å². The summed E-state index contributed by atoms with van der Waals surface area (Å²) in [5, 5.41) is 19.6. The van der Waals surface area contributed by atoms with Gasteiger partial charge in [-0.15, -0.1) is 0 Å². The number of hydrogen-bond donors (Lipinski definition) is 2. The van der Waals surface area contributed by atoms with Crippen molar-refractivity contribution in [3.8, 4) is 0 Å². The van der Waals surface area contributed by atoms with Crippen LogP contribution in [0.15, 0.2) is 35.3 Å². The topological polar surface area (TPSA) is 80.5 Å². The molecule has 1 fully saturated rings. The lowest BCUT2D eigenvalue weighted by atomic mass is 10.0. The smallest absolute Gasteiger partial charge is 0.217 e. The molecule has 2 N–H and O–H groups in total. The standard InChI is InChI=1S/C15H19NO5/c1-9-19-8-12(18)14(20-9)13-11(7-17)16-15(21-13)10-5-3-2-4-6-10/h2-6,9,11-14,17-18H,7-8H2,1H3/t9-,11+,12-,13+,14?/m1/s1. The van der Waals surface area contributed by atoms with Crippen LogP contribution < -0.4 is 0 Å². The van der Waals surface area contributed by atoms with Crippen LogP contribution in [0.1, 0.15) is 12.5 Å². The fourth-order valence-electron chi connectivity index (χ4n) is 2.59. The largest absolute Gasteiger partial charge is 0.469 e. The highest BCUT2D eigenvalue weighted by atomic mass is 16.7. The summed E-state index contributed by atoms with van der Waals surface area (Å²) in [6, 6.07) is 9.02. The van der Waals surface area contributed by atoms with Gasteiger partial charge in [0, 0.05) is 5.56 Å². The van der Waals surface area contributed by atoms with Crippen molar-refractivity contribution in [2.75, 3.05) is 13.2 Å². The second kappa shape index (κ2) is 6.11. The van der Waals surface area contributed by atoms with Crippen LogP contribution in [0.5, 0.6) is 0 Å². The molecule has 0 spiro atoms. The second-order valence-electron chi connectivity index (χ2n) is 5.20. The maximum Gasteiger partial charge on any atom is 0.217 e. The molecule has 0 saturated carbocycles. The Labute approximate surface area is 123 Å². The third-order valence-electron chi connectivity index (χ3n) is 3.67. The van der Waals surface area contributed by atoms with Gasteiger partial charge in [0.05, 0.1) is 13.2 Å². The Morgan fingerprint density at radius 3 is 2.71 bits per heavy atom. The second-order valence-corrected chi connectivity index (χ2v) is 5.20. The van der Waals surface area contributed by atoms with E-state index in [0.29, 0.717) is 5.90 Å². The predicted molar refractivity (Wildman–Crippen MR) is 75.0 cm³/mol. The van der Waals surface area contributed by atoms with Gasteiger partial charge >= 0.3 is 0 Å². The Kier molecular flexibility index (Phi) is 4.21. The molecule has 1 aromatic rings. The summed E-state index contributed by atoms with van der Waals surface area (Å²) in [6.45, 7) is 1.79. The van der Waals surface area contributed by atoms with Crippen LogP contribution in [-0.2, 0) is 14.2 Å². The Balaban J connectivity index is 1.79. The van der Waals surface area contributed by atoms with Crippen LogP contribution in [0.25, 0.3) is 0 Å².